The lowest BCUT2D eigenvalue weighted by Gasteiger charge is -2.10. The average molecular weight is 626 g/mol. The summed E-state index contributed by atoms with van der Waals surface area (Å²) < 4.78 is 6.51. The molecular weight excluding hydrogens is 599 g/mol. The summed E-state index contributed by atoms with van der Waals surface area (Å²) in [6.07, 6.45) is 0. The van der Waals surface area contributed by atoms with E-state index in [1.165, 1.54) is 27.3 Å². The van der Waals surface area contributed by atoms with E-state index in [1.807, 2.05) is 30.3 Å². The summed E-state index contributed by atoms with van der Waals surface area (Å²) in [7, 11) is 0. The van der Waals surface area contributed by atoms with Crippen molar-refractivity contribution < 1.29 is 4.42 Å². The van der Waals surface area contributed by atoms with Gasteiger partial charge in [0.05, 0.1) is 0 Å². The van der Waals surface area contributed by atoms with Gasteiger partial charge in [0.15, 0.2) is 17.5 Å². The molecule has 4 nitrogen and oxygen atoms in total. The van der Waals surface area contributed by atoms with Crippen molar-refractivity contribution >= 4 is 54.3 Å². The zero-order valence-corrected chi connectivity index (χ0v) is 26.3. The Bertz CT molecular complexity index is 2880. The van der Waals surface area contributed by atoms with Crippen LogP contribution in [0.2, 0.25) is 0 Å². The van der Waals surface area contributed by atoms with E-state index in [1.54, 1.807) is 0 Å². The van der Waals surface area contributed by atoms with E-state index < -0.39 is 0 Å². The number of nitrogens with zero attached hydrogens (tertiary/aromatic N) is 3. The second kappa shape index (κ2) is 11.0. The predicted molar refractivity (Wildman–Crippen MR) is 201 cm³/mol. The van der Waals surface area contributed by atoms with E-state index >= 15 is 0 Å². The molecule has 4 heteroatoms. The van der Waals surface area contributed by atoms with Crippen molar-refractivity contribution in [1.82, 2.24) is 15.0 Å². The maximum atomic E-state index is 6.51. The van der Waals surface area contributed by atoms with Gasteiger partial charge in [0.1, 0.15) is 11.2 Å². The van der Waals surface area contributed by atoms with Gasteiger partial charge in [-0.1, -0.05) is 133 Å². The van der Waals surface area contributed by atoms with Gasteiger partial charge in [-0.3, -0.25) is 0 Å². The van der Waals surface area contributed by atoms with E-state index in [0.717, 1.165) is 54.8 Å². The van der Waals surface area contributed by atoms with Crippen LogP contribution in [0.3, 0.4) is 0 Å². The van der Waals surface area contributed by atoms with E-state index in [0.29, 0.717) is 17.5 Å². The molecule has 0 unspecified atom stereocenters. The normalized spacial score (nSPS) is 11.7. The second-order valence-corrected chi connectivity index (χ2v) is 12.4. The van der Waals surface area contributed by atoms with Crippen molar-refractivity contribution in [2.75, 3.05) is 0 Å². The van der Waals surface area contributed by atoms with Gasteiger partial charge in [0.2, 0.25) is 0 Å². The lowest BCUT2D eigenvalue weighted by atomic mass is 9.95. The molecule has 0 spiro atoms. The summed E-state index contributed by atoms with van der Waals surface area (Å²) in [4.78, 5) is 15.0. The third-order valence-electron chi connectivity index (χ3n) is 9.49. The van der Waals surface area contributed by atoms with Crippen molar-refractivity contribution in [1.29, 1.82) is 0 Å². The predicted octanol–water partition coefficient (Wildman–Crippen LogP) is 11.9. The molecule has 8 aromatic carbocycles. The Kier molecular flexibility index (Phi) is 6.15. The molecule has 228 valence electrons. The van der Waals surface area contributed by atoms with Crippen LogP contribution in [0.25, 0.3) is 99.5 Å². The third-order valence-corrected chi connectivity index (χ3v) is 9.49. The number of furan rings is 1. The van der Waals surface area contributed by atoms with Crippen LogP contribution in [0.4, 0.5) is 0 Å². The molecule has 2 aromatic heterocycles. The third kappa shape index (κ3) is 4.65. The van der Waals surface area contributed by atoms with E-state index in [9.17, 15) is 0 Å². The zero-order chi connectivity index (χ0) is 32.3. The first kappa shape index (κ1) is 27.5. The molecule has 0 saturated carbocycles. The topological polar surface area (TPSA) is 51.8 Å². The van der Waals surface area contributed by atoms with Crippen LogP contribution < -0.4 is 0 Å². The van der Waals surface area contributed by atoms with Gasteiger partial charge in [-0.25, -0.2) is 15.0 Å². The summed E-state index contributed by atoms with van der Waals surface area (Å²) in [5.41, 5.74) is 6.86. The van der Waals surface area contributed by atoms with Gasteiger partial charge in [-0.2, -0.15) is 0 Å². The van der Waals surface area contributed by atoms with Gasteiger partial charge in [-0.15, -0.1) is 0 Å². The van der Waals surface area contributed by atoms with Crippen LogP contribution in [0.1, 0.15) is 0 Å². The molecule has 0 aliphatic carbocycles. The Labute approximate surface area is 282 Å². The first-order chi connectivity index (χ1) is 24.2. The first-order valence-corrected chi connectivity index (χ1v) is 16.4. The summed E-state index contributed by atoms with van der Waals surface area (Å²) >= 11 is 0. The molecular formula is C45H27N3O. The molecule has 10 rings (SSSR count). The Morgan fingerprint density at radius 1 is 0.306 bits per heavy atom. The van der Waals surface area contributed by atoms with E-state index in [-0.39, 0.29) is 0 Å². The minimum atomic E-state index is 0.601. The quantitative estimate of drug-likeness (QED) is 0.195. The maximum absolute atomic E-state index is 6.51. The number of hydrogen-bond acceptors (Lipinski definition) is 4. The largest absolute Gasteiger partial charge is 0.456 e. The summed E-state index contributed by atoms with van der Waals surface area (Å²) in [5, 5.41) is 9.20. The van der Waals surface area contributed by atoms with E-state index in [4.69, 9.17) is 19.4 Å². The van der Waals surface area contributed by atoms with Gasteiger partial charge in [0.25, 0.3) is 0 Å². The number of fused-ring (bicyclic) bond motifs is 6. The second-order valence-electron chi connectivity index (χ2n) is 12.4. The molecule has 0 aliphatic rings. The fourth-order valence-electron chi connectivity index (χ4n) is 7.07. The molecule has 0 saturated heterocycles. The monoisotopic (exact) mass is 625 g/mol. The number of benzene rings is 8. The highest BCUT2D eigenvalue weighted by atomic mass is 16.3. The molecule has 0 atom stereocenters. The lowest BCUT2D eigenvalue weighted by molar-refractivity contribution is 0.669. The molecule has 10 aromatic rings. The Hall–Kier alpha value is -6.65. The van der Waals surface area contributed by atoms with Crippen LogP contribution in [-0.4, -0.2) is 15.0 Å². The minimum Gasteiger partial charge on any atom is -0.456 e. The molecule has 0 N–H and O–H groups in total. The van der Waals surface area contributed by atoms with Gasteiger partial charge in [-0.05, 0) is 73.8 Å². The molecule has 0 radical (unpaired) electrons. The highest BCUT2D eigenvalue weighted by Crippen LogP contribution is 2.37. The van der Waals surface area contributed by atoms with Crippen LogP contribution in [0.5, 0.6) is 0 Å². The fourth-order valence-corrected chi connectivity index (χ4v) is 7.07. The van der Waals surface area contributed by atoms with Crippen LogP contribution in [0, 0.1) is 0 Å². The highest BCUT2D eigenvalue weighted by molar-refractivity contribution is 6.11. The minimum absolute atomic E-state index is 0.601. The standard InChI is InChI=1S/C45H27N3O/c1-2-12-30(13-3-1)43-46-44(48-45(47-43)39-19-9-15-29-11-5-7-17-36(29)39)33-22-23-38-40-25-34-24-32(21-20-31(34)26-42(40)49-41(38)27-33)37-18-8-14-28-10-4-6-16-35(28)37/h1-27H. The SMILES string of the molecule is c1ccc(-c2nc(-c3ccc4c(c3)oc3cc5ccc(-c6cccc7ccccc67)cc5cc34)nc(-c3cccc4ccccc34)n2)cc1. The van der Waals surface area contributed by atoms with E-state index in [2.05, 4.69) is 133 Å². The highest BCUT2D eigenvalue weighted by Gasteiger charge is 2.16. The summed E-state index contributed by atoms with van der Waals surface area (Å²) in [6, 6.07) is 57.0. The van der Waals surface area contributed by atoms with Crippen LogP contribution in [0.15, 0.2) is 168 Å². The molecule has 0 aliphatic heterocycles. The number of aromatic nitrogens is 3. The van der Waals surface area contributed by atoms with Crippen LogP contribution >= 0.6 is 0 Å². The Morgan fingerprint density at radius 2 is 0.918 bits per heavy atom. The Balaban J connectivity index is 1.11. The van der Waals surface area contributed by atoms with Crippen molar-refractivity contribution in [3.8, 4) is 45.3 Å². The molecule has 2 heterocycles. The van der Waals surface area contributed by atoms with Crippen molar-refractivity contribution in [2.45, 2.75) is 0 Å². The summed E-state index contributed by atoms with van der Waals surface area (Å²) in [6.45, 7) is 0. The molecule has 49 heavy (non-hydrogen) atoms. The van der Waals surface area contributed by atoms with Crippen LogP contribution in [-0.2, 0) is 0 Å². The Morgan fingerprint density at radius 3 is 1.71 bits per heavy atom. The lowest BCUT2D eigenvalue weighted by Crippen LogP contribution is -2.00. The first-order valence-electron chi connectivity index (χ1n) is 16.4. The maximum Gasteiger partial charge on any atom is 0.164 e. The smallest absolute Gasteiger partial charge is 0.164 e. The van der Waals surface area contributed by atoms with Crippen molar-refractivity contribution in [3.05, 3.63) is 164 Å². The molecule has 0 fully saturated rings. The average Bonchev–Trinajstić information content (AvgIpc) is 3.53. The van der Waals surface area contributed by atoms with Gasteiger partial charge < -0.3 is 4.42 Å². The van der Waals surface area contributed by atoms with Gasteiger partial charge >= 0.3 is 0 Å². The zero-order valence-electron chi connectivity index (χ0n) is 26.3. The van der Waals surface area contributed by atoms with Gasteiger partial charge in [0, 0.05) is 27.5 Å². The summed E-state index contributed by atoms with van der Waals surface area (Å²) in [5.74, 6) is 1.87. The van der Waals surface area contributed by atoms with Crippen molar-refractivity contribution in [3.63, 3.8) is 0 Å². The molecule has 0 amide bonds. The number of rotatable bonds is 4. The number of hydrogen-bond donors (Lipinski definition) is 0. The molecule has 0 bridgehead atoms. The van der Waals surface area contributed by atoms with Crippen molar-refractivity contribution in [2.24, 2.45) is 0 Å². The fraction of sp³-hybridized carbons (Fsp3) is 0.